The number of aromatic nitrogens is 2. The average Bonchev–Trinajstić information content (AvgIpc) is 3.14. The third-order valence-electron chi connectivity index (χ3n) is 5.82. The van der Waals surface area contributed by atoms with E-state index in [9.17, 15) is 9.90 Å². The van der Waals surface area contributed by atoms with Gasteiger partial charge in [-0.15, -0.1) is 0 Å². The van der Waals surface area contributed by atoms with Crippen LogP contribution in [0.2, 0.25) is 0 Å². The molecule has 0 saturated heterocycles. The first-order chi connectivity index (χ1) is 15.6. The van der Waals surface area contributed by atoms with Crippen molar-refractivity contribution in [3.8, 4) is 0 Å². The Hall–Kier alpha value is -2.96. The van der Waals surface area contributed by atoms with Crippen LogP contribution in [0, 0.1) is 0 Å². The van der Waals surface area contributed by atoms with Crippen molar-refractivity contribution in [3.63, 3.8) is 0 Å². The quantitative estimate of drug-likeness (QED) is 0.375. The number of rotatable bonds is 7. The van der Waals surface area contributed by atoms with E-state index < -0.39 is 6.10 Å². The molecule has 1 unspecified atom stereocenters. The molecule has 32 heavy (non-hydrogen) atoms. The summed E-state index contributed by atoms with van der Waals surface area (Å²) in [6.07, 6.45) is 2.31. The van der Waals surface area contributed by atoms with Crippen molar-refractivity contribution in [2.24, 2.45) is 0 Å². The van der Waals surface area contributed by atoms with Crippen LogP contribution in [-0.4, -0.2) is 38.6 Å². The fourth-order valence-electron chi connectivity index (χ4n) is 4.19. The molecule has 6 heteroatoms. The van der Waals surface area contributed by atoms with Crippen LogP contribution in [0.5, 0.6) is 0 Å². The normalized spacial score (nSPS) is 12.1. The molecule has 164 valence electrons. The van der Waals surface area contributed by atoms with Gasteiger partial charge in [-0.05, 0) is 47.5 Å². The zero-order valence-electron chi connectivity index (χ0n) is 18.2. The van der Waals surface area contributed by atoms with Gasteiger partial charge in [-0.1, -0.05) is 48.5 Å². The third kappa shape index (κ3) is 4.08. The van der Waals surface area contributed by atoms with E-state index in [1.54, 1.807) is 23.4 Å². The van der Waals surface area contributed by atoms with E-state index in [1.807, 2.05) is 56.3 Å². The SMILES string of the molecule is CCN(CC)C(=O)c1c(C(O)c2ccncc2Br)n(Cc2ccccc2)c2ccccc12. The van der Waals surface area contributed by atoms with Crippen LogP contribution in [-0.2, 0) is 6.54 Å². The van der Waals surface area contributed by atoms with Gasteiger partial charge in [0.2, 0.25) is 0 Å². The van der Waals surface area contributed by atoms with E-state index >= 15 is 0 Å². The number of amides is 1. The summed E-state index contributed by atoms with van der Waals surface area (Å²) in [6.45, 7) is 5.69. The highest BCUT2D eigenvalue weighted by Crippen LogP contribution is 2.37. The number of pyridine rings is 1. The molecule has 0 radical (unpaired) electrons. The maximum atomic E-state index is 13.7. The van der Waals surface area contributed by atoms with Gasteiger partial charge < -0.3 is 14.6 Å². The Labute approximate surface area is 196 Å². The predicted octanol–water partition coefficient (Wildman–Crippen LogP) is 5.41. The van der Waals surface area contributed by atoms with E-state index in [1.165, 1.54) is 0 Å². The lowest BCUT2D eigenvalue weighted by Gasteiger charge is -2.22. The van der Waals surface area contributed by atoms with E-state index in [0.717, 1.165) is 16.5 Å². The molecule has 0 saturated carbocycles. The van der Waals surface area contributed by atoms with Gasteiger partial charge in [0.15, 0.2) is 0 Å². The summed E-state index contributed by atoms with van der Waals surface area (Å²) in [5, 5.41) is 12.5. The molecule has 2 aromatic carbocycles. The molecule has 0 spiro atoms. The molecule has 1 atom stereocenters. The molecule has 2 aromatic heterocycles. The molecule has 0 fully saturated rings. The molecule has 0 aliphatic carbocycles. The summed E-state index contributed by atoms with van der Waals surface area (Å²) >= 11 is 3.52. The van der Waals surface area contributed by atoms with E-state index in [0.29, 0.717) is 40.9 Å². The van der Waals surface area contributed by atoms with Gasteiger partial charge in [0.1, 0.15) is 6.10 Å². The largest absolute Gasteiger partial charge is 0.382 e. The van der Waals surface area contributed by atoms with Gasteiger partial charge in [0, 0.05) is 53.0 Å². The van der Waals surface area contributed by atoms with Crippen LogP contribution in [0.3, 0.4) is 0 Å². The zero-order valence-corrected chi connectivity index (χ0v) is 19.8. The predicted molar refractivity (Wildman–Crippen MR) is 131 cm³/mol. The first-order valence-corrected chi connectivity index (χ1v) is 11.6. The van der Waals surface area contributed by atoms with Crippen molar-refractivity contribution in [3.05, 3.63) is 99.9 Å². The molecule has 4 rings (SSSR count). The fraction of sp³-hybridized carbons (Fsp3) is 0.231. The molecule has 1 N–H and O–H groups in total. The zero-order chi connectivity index (χ0) is 22.7. The first-order valence-electron chi connectivity index (χ1n) is 10.8. The number of hydrogen-bond acceptors (Lipinski definition) is 3. The maximum Gasteiger partial charge on any atom is 0.256 e. The van der Waals surface area contributed by atoms with Gasteiger partial charge in [-0.25, -0.2) is 0 Å². The standard InChI is InChI=1S/C26H26BrN3O2/c1-3-29(4-2)26(32)23-20-12-8-9-13-22(20)30(17-18-10-6-5-7-11-18)24(23)25(31)19-14-15-28-16-21(19)27/h5-16,25,31H,3-4,17H2,1-2H3. The van der Waals surface area contributed by atoms with Gasteiger partial charge >= 0.3 is 0 Å². The van der Waals surface area contributed by atoms with E-state index in [2.05, 4.69) is 37.6 Å². The Kier molecular flexibility index (Phi) is 6.72. The van der Waals surface area contributed by atoms with Crippen molar-refractivity contribution < 1.29 is 9.90 Å². The van der Waals surface area contributed by atoms with Crippen LogP contribution in [0.25, 0.3) is 10.9 Å². The molecular formula is C26H26BrN3O2. The van der Waals surface area contributed by atoms with Crippen molar-refractivity contribution in [1.29, 1.82) is 0 Å². The first kappa shape index (κ1) is 22.2. The fourth-order valence-corrected chi connectivity index (χ4v) is 4.66. The number of fused-ring (bicyclic) bond motifs is 1. The van der Waals surface area contributed by atoms with E-state index in [-0.39, 0.29) is 5.91 Å². The van der Waals surface area contributed by atoms with Crippen LogP contribution >= 0.6 is 15.9 Å². The number of carbonyl (C=O) groups excluding carboxylic acids is 1. The third-order valence-corrected chi connectivity index (χ3v) is 6.48. The Balaban J connectivity index is 2.01. The van der Waals surface area contributed by atoms with Crippen LogP contribution in [0.1, 0.15) is 47.1 Å². The molecule has 4 aromatic rings. The second-order valence-corrected chi connectivity index (χ2v) is 8.48. The highest BCUT2D eigenvalue weighted by molar-refractivity contribution is 9.10. The van der Waals surface area contributed by atoms with Gasteiger partial charge in [0.05, 0.1) is 11.3 Å². The van der Waals surface area contributed by atoms with Crippen LogP contribution in [0.15, 0.2) is 77.5 Å². The lowest BCUT2D eigenvalue weighted by Crippen LogP contribution is -2.31. The second-order valence-electron chi connectivity index (χ2n) is 7.63. The summed E-state index contributed by atoms with van der Waals surface area (Å²) in [7, 11) is 0. The molecule has 2 heterocycles. The summed E-state index contributed by atoms with van der Waals surface area (Å²) < 4.78 is 2.77. The second kappa shape index (κ2) is 9.67. The number of carbonyl (C=O) groups is 1. The number of hydrogen-bond donors (Lipinski definition) is 1. The molecular weight excluding hydrogens is 466 g/mol. The molecule has 0 aliphatic heterocycles. The van der Waals surface area contributed by atoms with Crippen LogP contribution in [0.4, 0.5) is 0 Å². The Morgan fingerprint density at radius 3 is 2.44 bits per heavy atom. The summed E-state index contributed by atoms with van der Waals surface area (Å²) in [5.74, 6) is -0.0720. The number of halogens is 1. The minimum Gasteiger partial charge on any atom is -0.382 e. The Morgan fingerprint density at radius 1 is 1.06 bits per heavy atom. The van der Waals surface area contributed by atoms with Gasteiger partial charge in [-0.3, -0.25) is 9.78 Å². The molecule has 1 amide bonds. The lowest BCUT2D eigenvalue weighted by atomic mass is 10.0. The minimum absolute atomic E-state index is 0.0720. The Morgan fingerprint density at radius 2 is 1.75 bits per heavy atom. The maximum absolute atomic E-state index is 13.7. The average molecular weight is 492 g/mol. The topological polar surface area (TPSA) is 58.4 Å². The number of aliphatic hydroxyl groups excluding tert-OH is 1. The highest BCUT2D eigenvalue weighted by Gasteiger charge is 2.30. The minimum atomic E-state index is -1.00. The van der Waals surface area contributed by atoms with Gasteiger partial charge in [-0.2, -0.15) is 0 Å². The van der Waals surface area contributed by atoms with Crippen LogP contribution < -0.4 is 0 Å². The van der Waals surface area contributed by atoms with E-state index in [4.69, 9.17) is 0 Å². The highest BCUT2D eigenvalue weighted by atomic mass is 79.9. The number of nitrogens with zero attached hydrogens (tertiary/aromatic N) is 3. The summed E-state index contributed by atoms with van der Waals surface area (Å²) in [5.41, 5.74) is 3.84. The Bertz CT molecular complexity index is 1230. The van der Waals surface area contributed by atoms with Gasteiger partial charge in [0.25, 0.3) is 5.91 Å². The number of benzene rings is 2. The van der Waals surface area contributed by atoms with Crippen molar-refractivity contribution >= 4 is 32.7 Å². The molecule has 0 bridgehead atoms. The van der Waals surface area contributed by atoms with Crippen molar-refractivity contribution in [2.45, 2.75) is 26.5 Å². The summed E-state index contributed by atoms with van der Waals surface area (Å²) in [6, 6.07) is 19.7. The molecule has 5 nitrogen and oxygen atoms in total. The summed E-state index contributed by atoms with van der Waals surface area (Å²) in [4.78, 5) is 19.6. The monoisotopic (exact) mass is 491 g/mol. The number of para-hydroxylation sites is 1. The number of aliphatic hydroxyl groups is 1. The van der Waals surface area contributed by atoms with Crippen molar-refractivity contribution in [1.82, 2.24) is 14.5 Å². The smallest absolute Gasteiger partial charge is 0.256 e. The lowest BCUT2D eigenvalue weighted by molar-refractivity contribution is 0.0768. The van der Waals surface area contributed by atoms with Crippen molar-refractivity contribution in [2.75, 3.05) is 13.1 Å². The molecule has 0 aliphatic rings.